The Bertz CT molecular complexity index is 657. The van der Waals surface area contributed by atoms with E-state index in [9.17, 15) is 4.79 Å². The number of rotatable bonds is 0. The number of carbonyl (C=O) groups is 1. The second kappa shape index (κ2) is 3.18. The number of hydrogen-bond donors (Lipinski definition) is 1. The molecule has 1 aromatic heterocycles. The second-order valence-electron chi connectivity index (χ2n) is 3.64. The topological polar surface area (TPSA) is 59.2 Å². The molecule has 2 N–H and O–H groups in total. The summed E-state index contributed by atoms with van der Waals surface area (Å²) in [7, 11) is 0. The van der Waals surface area contributed by atoms with Crippen molar-refractivity contribution in [3.8, 4) is 0 Å². The van der Waals surface area contributed by atoms with Gasteiger partial charge >= 0.3 is 0 Å². The monoisotopic (exact) mass is 235 g/mol. The molecule has 82 valence electrons. The van der Waals surface area contributed by atoms with Crippen LogP contribution in [-0.4, -0.2) is 17.4 Å². The van der Waals surface area contributed by atoms with Crippen molar-refractivity contribution in [2.75, 3.05) is 17.2 Å². The first-order valence-electron chi connectivity index (χ1n) is 5.99. The smallest absolute Gasteiger partial charge is 0.223 e. The third-order valence-electron chi connectivity index (χ3n) is 2.56. The molecule has 1 aliphatic rings. The molecule has 5 heteroatoms. The van der Waals surface area contributed by atoms with Crippen molar-refractivity contribution >= 4 is 38.3 Å². The Labute approximate surface area is 99.5 Å². The van der Waals surface area contributed by atoms with Crippen molar-refractivity contribution in [2.24, 2.45) is 0 Å². The molecule has 1 aliphatic heterocycles. The van der Waals surface area contributed by atoms with Crippen LogP contribution in [0.4, 0.5) is 10.8 Å². The van der Waals surface area contributed by atoms with Crippen LogP contribution >= 0.6 is 11.3 Å². The van der Waals surface area contributed by atoms with Crippen LogP contribution in [0.25, 0.3) is 10.2 Å². The van der Waals surface area contributed by atoms with Gasteiger partial charge in [-0.2, -0.15) is 0 Å². The number of carbonyl (C=O) groups excluding carboxylic acids is 1. The summed E-state index contributed by atoms with van der Waals surface area (Å²) in [6, 6.07) is 3.57. The lowest BCUT2D eigenvalue weighted by Gasteiger charge is -2.14. The van der Waals surface area contributed by atoms with Gasteiger partial charge in [-0.1, -0.05) is 11.3 Å². The van der Waals surface area contributed by atoms with Crippen molar-refractivity contribution < 1.29 is 7.54 Å². The maximum absolute atomic E-state index is 11.6. The number of anilines is 2. The summed E-state index contributed by atoms with van der Waals surface area (Å²) in [5.41, 5.74) is 7.68. The Balaban J connectivity index is 2.26. The molecule has 2 unspecified atom stereocenters. The van der Waals surface area contributed by atoms with E-state index < -0.39 is 12.9 Å². The first-order chi connectivity index (χ1) is 8.49. The summed E-state index contributed by atoms with van der Waals surface area (Å²) in [5, 5.41) is 0.465. The molecule has 2 heterocycles. The Morgan fingerprint density at radius 2 is 2.50 bits per heavy atom. The summed E-state index contributed by atoms with van der Waals surface area (Å²) < 4.78 is 16.8. The van der Waals surface area contributed by atoms with E-state index in [-0.39, 0.29) is 5.91 Å². The molecule has 3 rings (SSSR count). The fourth-order valence-electron chi connectivity index (χ4n) is 1.85. The average Bonchev–Trinajstić information content (AvgIpc) is 2.75. The van der Waals surface area contributed by atoms with E-state index in [1.165, 1.54) is 23.2 Å². The van der Waals surface area contributed by atoms with Gasteiger partial charge < -0.3 is 10.6 Å². The van der Waals surface area contributed by atoms with Crippen LogP contribution in [0.15, 0.2) is 12.1 Å². The molecule has 1 amide bonds. The lowest BCUT2D eigenvalue weighted by atomic mass is 10.1. The van der Waals surface area contributed by atoms with E-state index in [1.54, 1.807) is 12.1 Å². The highest BCUT2D eigenvalue weighted by Crippen LogP contribution is 2.35. The third-order valence-corrected chi connectivity index (χ3v) is 3.40. The van der Waals surface area contributed by atoms with Crippen LogP contribution in [0.5, 0.6) is 0 Å². The molecule has 0 radical (unpaired) electrons. The zero-order valence-corrected chi connectivity index (χ0v) is 9.41. The normalized spacial score (nSPS) is 25.4. The highest BCUT2D eigenvalue weighted by molar-refractivity contribution is 7.22. The molecule has 0 aliphatic carbocycles. The number of amides is 1. The number of fused-ring (bicyclic) bond motifs is 2. The van der Waals surface area contributed by atoms with Gasteiger partial charge in [-0.05, 0) is 24.1 Å². The number of thiazole rings is 1. The number of nitrogens with zero attached hydrogens (tertiary/aromatic N) is 2. The van der Waals surface area contributed by atoms with Gasteiger partial charge in [0.1, 0.15) is 0 Å². The van der Waals surface area contributed by atoms with Gasteiger partial charge in [0.05, 0.1) is 11.6 Å². The van der Waals surface area contributed by atoms with E-state index in [2.05, 4.69) is 4.98 Å². The number of nitrogens with two attached hydrogens (primary N) is 1. The van der Waals surface area contributed by atoms with Crippen LogP contribution in [-0.2, 0) is 11.2 Å². The van der Waals surface area contributed by atoms with Gasteiger partial charge in [0.2, 0.25) is 5.91 Å². The summed E-state index contributed by atoms with van der Waals surface area (Å²) in [4.78, 5) is 17.1. The summed E-state index contributed by atoms with van der Waals surface area (Å²) in [6.07, 6.45) is -0.753. The molecule has 2 aromatic rings. The highest BCUT2D eigenvalue weighted by Gasteiger charge is 2.23. The van der Waals surface area contributed by atoms with Crippen molar-refractivity contribution in [1.82, 2.24) is 4.98 Å². The SMILES string of the molecule is [2H]C1c2cc3nc(N)sc3cc2N(C(C)=O)C1[2H]. The summed E-state index contributed by atoms with van der Waals surface area (Å²) in [6.45, 7) is 0.528. The predicted octanol–water partition coefficient (Wildman–Crippen LogP) is 1.79. The zero-order valence-electron chi connectivity index (χ0n) is 10.6. The number of hydrogen-bond acceptors (Lipinski definition) is 4. The largest absolute Gasteiger partial charge is 0.375 e. The molecule has 0 saturated heterocycles. The average molecular weight is 235 g/mol. The fourth-order valence-corrected chi connectivity index (χ4v) is 2.60. The number of aryl methyl sites for hydroxylation is 1. The van der Waals surface area contributed by atoms with E-state index in [4.69, 9.17) is 8.48 Å². The van der Waals surface area contributed by atoms with Gasteiger partial charge in [-0.25, -0.2) is 4.98 Å². The molecule has 2 atom stereocenters. The van der Waals surface area contributed by atoms with Crippen LogP contribution < -0.4 is 10.6 Å². The Hall–Kier alpha value is -1.62. The van der Waals surface area contributed by atoms with E-state index in [0.29, 0.717) is 16.4 Å². The summed E-state index contributed by atoms with van der Waals surface area (Å²) >= 11 is 1.34. The predicted molar refractivity (Wildman–Crippen MR) is 65.8 cm³/mol. The molecule has 0 saturated carbocycles. The first-order valence-corrected chi connectivity index (χ1v) is 5.65. The van der Waals surface area contributed by atoms with Gasteiger partial charge in [-0.15, -0.1) is 0 Å². The van der Waals surface area contributed by atoms with Gasteiger partial charge in [0.15, 0.2) is 5.13 Å². The van der Waals surface area contributed by atoms with Crippen molar-refractivity contribution in [3.05, 3.63) is 17.7 Å². The Morgan fingerprint density at radius 3 is 3.25 bits per heavy atom. The van der Waals surface area contributed by atoms with Crippen molar-refractivity contribution in [1.29, 1.82) is 0 Å². The van der Waals surface area contributed by atoms with E-state index >= 15 is 0 Å². The number of aromatic nitrogens is 1. The van der Waals surface area contributed by atoms with E-state index in [0.717, 1.165) is 10.2 Å². The minimum absolute atomic E-state index is 0.220. The van der Waals surface area contributed by atoms with Gasteiger partial charge in [-0.3, -0.25) is 4.79 Å². The molecule has 4 nitrogen and oxygen atoms in total. The molecule has 1 aromatic carbocycles. The molecule has 0 bridgehead atoms. The van der Waals surface area contributed by atoms with Crippen LogP contribution in [0.2, 0.25) is 0 Å². The van der Waals surface area contributed by atoms with E-state index in [1.807, 2.05) is 0 Å². The molecular formula is C11H11N3OS. The maximum atomic E-state index is 11.6. The van der Waals surface area contributed by atoms with Gasteiger partial charge in [0, 0.05) is 20.5 Å². The Kier molecular flexibility index (Phi) is 1.52. The van der Waals surface area contributed by atoms with Crippen molar-refractivity contribution in [3.63, 3.8) is 0 Å². The van der Waals surface area contributed by atoms with Crippen molar-refractivity contribution in [2.45, 2.75) is 13.3 Å². The zero-order chi connectivity index (χ0) is 13.0. The minimum atomic E-state index is -0.883. The lowest BCUT2D eigenvalue weighted by molar-refractivity contribution is -0.116. The third kappa shape index (κ3) is 1.28. The second-order valence-corrected chi connectivity index (χ2v) is 4.70. The molecule has 0 spiro atoms. The lowest BCUT2D eigenvalue weighted by Crippen LogP contribution is -2.25. The quantitative estimate of drug-likeness (QED) is 0.757. The Morgan fingerprint density at radius 1 is 1.69 bits per heavy atom. The maximum Gasteiger partial charge on any atom is 0.223 e. The summed E-state index contributed by atoms with van der Waals surface area (Å²) in [5.74, 6) is -0.220. The van der Waals surface area contributed by atoms with Crippen LogP contribution in [0.1, 0.15) is 15.2 Å². The number of benzene rings is 1. The highest BCUT2D eigenvalue weighted by atomic mass is 32.1. The molecule has 0 fully saturated rings. The molecule has 16 heavy (non-hydrogen) atoms. The fraction of sp³-hybridized carbons (Fsp3) is 0.273. The standard InChI is InChI=1S/C11H11N3OS/c1-6(15)14-3-2-7-4-8-10(5-9(7)14)16-11(12)13-8/h4-5H,2-3H2,1H3,(H2,12,13)/i2D,3D. The minimum Gasteiger partial charge on any atom is -0.375 e. The van der Waals surface area contributed by atoms with Crippen LogP contribution in [0.3, 0.4) is 0 Å². The van der Waals surface area contributed by atoms with Crippen LogP contribution in [0, 0.1) is 0 Å². The first kappa shape index (κ1) is 7.62. The number of nitrogen functional groups attached to an aromatic ring is 1. The molecular weight excluding hydrogens is 222 g/mol. The van der Waals surface area contributed by atoms with Gasteiger partial charge in [0.25, 0.3) is 0 Å².